The highest BCUT2D eigenvalue weighted by Crippen LogP contribution is 2.18. The van der Waals surface area contributed by atoms with Crippen molar-refractivity contribution >= 4 is 17.5 Å². The van der Waals surface area contributed by atoms with Gasteiger partial charge in [0.15, 0.2) is 0 Å². The van der Waals surface area contributed by atoms with E-state index in [1.165, 1.54) is 0 Å². The van der Waals surface area contributed by atoms with E-state index in [0.29, 0.717) is 18.0 Å². The lowest BCUT2D eigenvalue weighted by molar-refractivity contribution is -0.122. The quantitative estimate of drug-likeness (QED) is 0.801. The molecule has 21 heavy (non-hydrogen) atoms. The van der Waals surface area contributed by atoms with Gasteiger partial charge in [0.25, 0.3) is 0 Å². The molecule has 1 aromatic rings. The topological polar surface area (TPSA) is 50.2 Å². The molecule has 0 aliphatic carbocycles. The first-order chi connectivity index (χ1) is 9.88. The van der Waals surface area contributed by atoms with Crippen LogP contribution in [0.3, 0.4) is 0 Å². The van der Waals surface area contributed by atoms with Gasteiger partial charge >= 0.3 is 0 Å². The monoisotopic (exact) mass is 314 g/mol. The Kier molecular flexibility index (Phi) is 7.18. The van der Waals surface area contributed by atoms with Crippen molar-refractivity contribution in [2.45, 2.75) is 53.6 Å². The van der Waals surface area contributed by atoms with Crippen LogP contribution in [0.4, 0.5) is 0 Å². The number of nitrogens with one attached hydrogen (secondary N) is 1. The van der Waals surface area contributed by atoms with Crippen LogP contribution in [0.2, 0.25) is 5.02 Å². The molecule has 1 heterocycles. The number of carbonyl (C=O) groups is 1. The molecule has 0 aliphatic heterocycles. The van der Waals surface area contributed by atoms with E-state index in [4.69, 9.17) is 11.6 Å². The van der Waals surface area contributed by atoms with Gasteiger partial charge in [0, 0.05) is 19.0 Å². The van der Waals surface area contributed by atoms with E-state index < -0.39 is 0 Å². The highest BCUT2D eigenvalue weighted by atomic mass is 35.5. The van der Waals surface area contributed by atoms with Crippen LogP contribution < -0.4 is 5.32 Å². The second-order valence-corrected chi connectivity index (χ2v) is 5.79. The third kappa shape index (κ3) is 5.32. The fourth-order valence-corrected chi connectivity index (χ4v) is 2.50. The Morgan fingerprint density at radius 3 is 2.48 bits per heavy atom. The minimum Gasteiger partial charge on any atom is -0.352 e. The van der Waals surface area contributed by atoms with E-state index in [9.17, 15) is 4.79 Å². The van der Waals surface area contributed by atoms with Crippen LogP contribution in [0, 0.1) is 13.8 Å². The Bertz CT molecular complexity index is 468. The summed E-state index contributed by atoms with van der Waals surface area (Å²) in [6, 6.07) is 0.154. The molecule has 1 N–H and O–H groups in total. The Morgan fingerprint density at radius 2 is 2.00 bits per heavy atom. The highest BCUT2D eigenvalue weighted by molar-refractivity contribution is 6.31. The number of halogens is 1. The fourth-order valence-electron chi connectivity index (χ4n) is 2.36. The van der Waals surface area contributed by atoms with E-state index in [0.717, 1.165) is 31.0 Å². The number of rotatable bonds is 8. The molecular weight excluding hydrogens is 288 g/mol. The molecule has 1 aromatic heterocycles. The second-order valence-electron chi connectivity index (χ2n) is 5.41. The van der Waals surface area contributed by atoms with E-state index in [1.807, 2.05) is 20.8 Å². The van der Waals surface area contributed by atoms with Crippen molar-refractivity contribution in [1.82, 2.24) is 20.0 Å². The third-order valence-electron chi connectivity index (χ3n) is 3.68. The van der Waals surface area contributed by atoms with Crippen molar-refractivity contribution < 1.29 is 4.79 Å². The van der Waals surface area contributed by atoms with Crippen molar-refractivity contribution in [2.24, 2.45) is 0 Å². The lowest BCUT2D eigenvalue weighted by Gasteiger charge is -2.23. The van der Waals surface area contributed by atoms with Crippen molar-refractivity contribution in [1.29, 1.82) is 0 Å². The number of aryl methyl sites for hydroxylation is 2. The summed E-state index contributed by atoms with van der Waals surface area (Å²) < 4.78 is 1.80. The van der Waals surface area contributed by atoms with Crippen LogP contribution in [0.5, 0.6) is 0 Å². The molecule has 1 amide bonds. The fraction of sp³-hybridized carbons (Fsp3) is 0.733. The summed E-state index contributed by atoms with van der Waals surface area (Å²) >= 11 is 6.10. The molecule has 0 fully saturated rings. The van der Waals surface area contributed by atoms with Gasteiger partial charge in [0.2, 0.25) is 5.91 Å². The lowest BCUT2D eigenvalue weighted by Crippen LogP contribution is -2.42. The number of hydrogen-bond donors (Lipinski definition) is 1. The van der Waals surface area contributed by atoms with Gasteiger partial charge in [0.1, 0.15) is 0 Å². The summed E-state index contributed by atoms with van der Waals surface area (Å²) in [6.45, 7) is 13.5. The predicted octanol–water partition coefficient (Wildman–Crippen LogP) is 2.39. The third-order valence-corrected chi connectivity index (χ3v) is 4.22. The average Bonchev–Trinajstić information content (AvgIpc) is 2.69. The summed E-state index contributed by atoms with van der Waals surface area (Å²) in [5, 5.41) is 8.05. The molecule has 120 valence electrons. The largest absolute Gasteiger partial charge is 0.352 e. The van der Waals surface area contributed by atoms with E-state index in [2.05, 4.69) is 29.2 Å². The van der Waals surface area contributed by atoms with Crippen LogP contribution >= 0.6 is 11.6 Å². The normalized spacial score (nSPS) is 12.7. The smallest absolute Gasteiger partial charge is 0.222 e. The number of hydrogen-bond acceptors (Lipinski definition) is 3. The first-order valence-electron chi connectivity index (χ1n) is 7.60. The Balaban J connectivity index is 2.42. The summed E-state index contributed by atoms with van der Waals surface area (Å²) in [7, 11) is 0. The number of aromatic nitrogens is 2. The van der Waals surface area contributed by atoms with Gasteiger partial charge in [-0.15, -0.1) is 0 Å². The zero-order chi connectivity index (χ0) is 16.0. The Labute approximate surface area is 132 Å². The van der Waals surface area contributed by atoms with Crippen LogP contribution in [0.25, 0.3) is 0 Å². The van der Waals surface area contributed by atoms with Crippen molar-refractivity contribution in [3.05, 3.63) is 16.4 Å². The number of nitrogens with zero attached hydrogens (tertiary/aromatic N) is 3. The van der Waals surface area contributed by atoms with Crippen LogP contribution in [0.15, 0.2) is 0 Å². The second kappa shape index (κ2) is 8.39. The summed E-state index contributed by atoms with van der Waals surface area (Å²) in [5.74, 6) is 0.0540. The molecule has 0 radical (unpaired) electrons. The minimum absolute atomic E-state index is 0.0540. The van der Waals surface area contributed by atoms with Gasteiger partial charge in [-0.1, -0.05) is 25.4 Å². The van der Waals surface area contributed by atoms with Gasteiger partial charge in [-0.25, -0.2) is 0 Å². The van der Waals surface area contributed by atoms with Gasteiger partial charge in [-0.3, -0.25) is 9.48 Å². The SMILES string of the molecule is CCN(CC)C[C@@H](C)NC(=O)CCn1nc(C)c(Cl)c1C. The molecule has 0 saturated heterocycles. The molecular formula is C15H27ClN4O. The molecule has 0 bridgehead atoms. The maximum absolute atomic E-state index is 12.0. The zero-order valence-electron chi connectivity index (χ0n) is 13.7. The van der Waals surface area contributed by atoms with Crippen molar-refractivity contribution in [2.75, 3.05) is 19.6 Å². The van der Waals surface area contributed by atoms with Gasteiger partial charge in [-0.2, -0.15) is 5.10 Å². The van der Waals surface area contributed by atoms with Gasteiger partial charge in [-0.05, 0) is 33.9 Å². The van der Waals surface area contributed by atoms with E-state index in [1.54, 1.807) is 4.68 Å². The first kappa shape index (κ1) is 18.0. The minimum atomic E-state index is 0.0540. The summed E-state index contributed by atoms with van der Waals surface area (Å²) in [6.07, 6.45) is 0.418. The number of carbonyl (C=O) groups excluding carboxylic acids is 1. The standard InChI is InChI=1S/C15H27ClN4O/c1-6-19(7-2)10-11(3)17-14(21)8-9-20-13(5)15(16)12(4)18-20/h11H,6-10H2,1-5H3,(H,17,21)/t11-/m1/s1. The zero-order valence-corrected chi connectivity index (χ0v) is 14.5. The molecule has 0 aliphatic rings. The molecule has 0 aromatic carbocycles. The van der Waals surface area contributed by atoms with Crippen LogP contribution in [-0.4, -0.2) is 46.3 Å². The van der Waals surface area contributed by atoms with Crippen LogP contribution in [-0.2, 0) is 11.3 Å². The van der Waals surface area contributed by atoms with E-state index >= 15 is 0 Å². The highest BCUT2D eigenvalue weighted by Gasteiger charge is 2.13. The molecule has 1 atom stereocenters. The maximum atomic E-state index is 12.0. The molecule has 1 rings (SSSR count). The maximum Gasteiger partial charge on any atom is 0.222 e. The predicted molar refractivity (Wildman–Crippen MR) is 86.7 cm³/mol. The molecule has 0 spiro atoms. The average molecular weight is 315 g/mol. The van der Waals surface area contributed by atoms with E-state index in [-0.39, 0.29) is 11.9 Å². The van der Waals surface area contributed by atoms with Crippen molar-refractivity contribution in [3.63, 3.8) is 0 Å². The molecule has 6 heteroatoms. The first-order valence-corrected chi connectivity index (χ1v) is 7.98. The number of likely N-dealkylation sites (N-methyl/N-ethyl adjacent to an activating group) is 1. The molecule has 5 nitrogen and oxygen atoms in total. The summed E-state index contributed by atoms with van der Waals surface area (Å²) in [5.41, 5.74) is 1.72. The molecule has 0 unspecified atom stereocenters. The Hall–Kier alpha value is -1.07. The Morgan fingerprint density at radius 1 is 1.38 bits per heavy atom. The van der Waals surface area contributed by atoms with Crippen molar-refractivity contribution in [3.8, 4) is 0 Å². The number of amides is 1. The van der Waals surface area contributed by atoms with Crippen LogP contribution in [0.1, 0.15) is 38.6 Å². The van der Waals surface area contributed by atoms with Gasteiger partial charge < -0.3 is 10.2 Å². The lowest BCUT2D eigenvalue weighted by atomic mass is 10.2. The molecule has 0 saturated carbocycles. The summed E-state index contributed by atoms with van der Waals surface area (Å²) in [4.78, 5) is 14.3. The van der Waals surface area contributed by atoms with Gasteiger partial charge in [0.05, 0.1) is 23.0 Å².